The van der Waals surface area contributed by atoms with Gasteiger partial charge in [0.05, 0.1) is 12.1 Å². The Kier molecular flexibility index (Phi) is 5.35. The molecule has 3 aromatic heterocycles. The van der Waals surface area contributed by atoms with Crippen LogP contribution in [0.4, 0.5) is 0 Å². The summed E-state index contributed by atoms with van der Waals surface area (Å²) in [5, 5.41) is 11.4. The van der Waals surface area contributed by atoms with Crippen molar-refractivity contribution in [3.05, 3.63) is 48.3 Å². The van der Waals surface area contributed by atoms with Gasteiger partial charge in [0.15, 0.2) is 5.82 Å². The molecule has 0 radical (unpaired) electrons. The van der Waals surface area contributed by atoms with E-state index in [2.05, 4.69) is 39.2 Å². The SMILES string of the molecule is CCN(Cc1noc(CC(C)C)n1)C(=O)c1ccc(-n2cnnc2)nc1. The lowest BCUT2D eigenvalue weighted by Gasteiger charge is -2.19. The number of carbonyl (C=O) groups excluding carboxylic acids is 1. The van der Waals surface area contributed by atoms with E-state index < -0.39 is 0 Å². The number of pyridine rings is 1. The van der Waals surface area contributed by atoms with E-state index in [-0.39, 0.29) is 5.91 Å². The summed E-state index contributed by atoms with van der Waals surface area (Å²) >= 11 is 0. The predicted octanol–water partition coefficient (Wildman–Crippen LogP) is 1.91. The monoisotopic (exact) mass is 355 g/mol. The van der Waals surface area contributed by atoms with Gasteiger partial charge in [-0.1, -0.05) is 19.0 Å². The molecule has 0 bridgehead atoms. The minimum Gasteiger partial charge on any atom is -0.339 e. The van der Waals surface area contributed by atoms with Crippen LogP contribution in [0, 0.1) is 5.92 Å². The molecular weight excluding hydrogens is 334 g/mol. The van der Waals surface area contributed by atoms with Crippen molar-refractivity contribution in [2.24, 2.45) is 5.92 Å². The zero-order valence-corrected chi connectivity index (χ0v) is 15.0. The molecule has 0 atom stereocenters. The van der Waals surface area contributed by atoms with Crippen molar-refractivity contribution in [3.8, 4) is 5.82 Å². The summed E-state index contributed by atoms with van der Waals surface area (Å²) in [5.41, 5.74) is 0.495. The first-order chi connectivity index (χ1) is 12.6. The number of nitrogens with zero attached hydrogens (tertiary/aromatic N) is 7. The van der Waals surface area contributed by atoms with E-state index in [9.17, 15) is 4.79 Å². The van der Waals surface area contributed by atoms with E-state index in [1.54, 1.807) is 40.5 Å². The maximum absolute atomic E-state index is 12.7. The normalized spacial score (nSPS) is 11.1. The van der Waals surface area contributed by atoms with Crippen molar-refractivity contribution in [3.63, 3.8) is 0 Å². The molecule has 9 heteroatoms. The Hall–Kier alpha value is -3.10. The van der Waals surface area contributed by atoms with Gasteiger partial charge in [-0.3, -0.25) is 9.36 Å². The second-order valence-corrected chi connectivity index (χ2v) is 6.30. The van der Waals surface area contributed by atoms with Gasteiger partial charge in [-0.05, 0) is 25.0 Å². The van der Waals surface area contributed by atoms with Crippen LogP contribution in [-0.4, -0.2) is 47.2 Å². The highest BCUT2D eigenvalue weighted by Crippen LogP contribution is 2.11. The molecule has 0 aliphatic rings. The maximum atomic E-state index is 12.7. The molecule has 26 heavy (non-hydrogen) atoms. The van der Waals surface area contributed by atoms with Crippen LogP contribution in [0.25, 0.3) is 5.82 Å². The highest BCUT2D eigenvalue weighted by molar-refractivity contribution is 5.93. The van der Waals surface area contributed by atoms with Gasteiger partial charge in [-0.25, -0.2) is 4.98 Å². The molecular formula is C17H21N7O2. The number of hydrogen-bond acceptors (Lipinski definition) is 7. The van der Waals surface area contributed by atoms with Crippen molar-refractivity contribution in [1.29, 1.82) is 0 Å². The Morgan fingerprint density at radius 2 is 2.04 bits per heavy atom. The van der Waals surface area contributed by atoms with Crippen LogP contribution >= 0.6 is 0 Å². The first-order valence-corrected chi connectivity index (χ1v) is 8.48. The summed E-state index contributed by atoms with van der Waals surface area (Å²) in [6, 6.07) is 3.48. The summed E-state index contributed by atoms with van der Waals surface area (Å²) in [6.45, 7) is 6.90. The number of amides is 1. The van der Waals surface area contributed by atoms with Gasteiger partial charge in [0, 0.05) is 19.2 Å². The lowest BCUT2D eigenvalue weighted by molar-refractivity contribution is 0.0747. The van der Waals surface area contributed by atoms with Gasteiger partial charge in [-0.15, -0.1) is 10.2 Å². The van der Waals surface area contributed by atoms with E-state index in [1.165, 1.54) is 0 Å². The van der Waals surface area contributed by atoms with E-state index in [0.717, 1.165) is 6.42 Å². The van der Waals surface area contributed by atoms with Crippen molar-refractivity contribution in [2.75, 3.05) is 6.54 Å². The van der Waals surface area contributed by atoms with Gasteiger partial charge in [0.25, 0.3) is 5.91 Å². The van der Waals surface area contributed by atoms with Crippen LogP contribution < -0.4 is 0 Å². The van der Waals surface area contributed by atoms with E-state index in [0.29, 0.717) is 42.1 Å². The first-order valence-electron chi connectivity index (χ1n) is 8.48. The van der Waals surface area contributed by atoms with Crippen molar-refractivity contribution in [2.45, 2.75) is 33.7 Å². The van der Waals surface area contributed by atoms with Crippen molar-refractivity contribution >= 4 is 5.91 Å². The van der Waals surface area contributed by atoms with Crippen molar-refractivity contribution in [1.82, 2.24) is 34.8 Å². The quantitative estimate of drug-likeness (QED) is 0.637. The van der Waals surface area contributed by atoms with Crippen LogP contribution in [0.5, 0.6) is 0 Å². The van der Waals surface area contributed by atoms with Crippen LogP contribution in [0.1, 0.15) is 42.8 Å². The summed E-state index contributed by atoms with van der Waals surface area (Å²) in [6.07, 6.45) is 5.36. The molecule has 3 aromatic rings. The third-order valence-electron chi connectivity index (χ3n) is 3.77. The molecule has 9 nitrogen and oxygen atoms in total. The van der Waals surface area contributed by atoms with Crippen LogP contribution in [0.3, 0.4) is 0 Å². The molecule has 3 rings (SSSR count). The van der Waals surface area contributed by atoms with Gasteiger partial charge in [0.2, 0.25) is 5.89 Å². The Balaban J connectivity index is 1.69. The number of hydrogen-bond donors (Lipinski definition) is 0. The number of rotatable bonds is 7. The van der Waals surface area contributed by atoms with Crippen LogP contribution in [0.15, 0.2) is 35.5 Å². The molecule has 0 saturated carbocycles. The molecule has 136 valence electrons. The van der Waals surface area contributed by atoms with Gasteiger partial charge < -0.3 is 9.42 Å². The lowest BCUT2D eigenvalue weighted by Crippen LogP contribution is -2.30. The first kappa shape index (κ1) is 17.7. The minimum atomic E-state index is -0.134. The molecule has 0 unspecified atom stereocenters. The third kappa shape index (κ3) is 4.11. The van der Waals surface area contributed by atoms with Crippen molar-refractivity contribution < 1.29 is 9.32 Å². The number of carbonyl (C=O) groups is 1. The lowest BCUT2D eigenvalue weighted by atomic mass is 10.1. The molecule has 0 fully saturated rings. The maximum Gasteiger partial charge on any atom is 0.255 e. The summed E-state index contributed by atoms with van der Waals surface area (Å²) < 4.78 is 6.91. The smallest absolute Gasteiger partial charge is 0.255 e. The number of aromatic nitrogens is 6. The average Bonchev–Trinajstić information content (AvgIpc) is 3.31. The van der Waals surface area contributed by atoms with E-state index in [1.807, 2.05) is 6.92 Å². The summed E-state index contributed by atoms with van der Waals surface area (Å²) in [4.78, 5) is 23.0. The van der Waals surface area contributed by atoms with Crippen LogP contribution in [0.2, 0.25) is 0 Å². The minimum absolute atomic E-state index is 0.134. The molecule has 0 saturated heterocycles. The Morgan fingerprint density at radius 1 is 1.27 bits per heavy atom. The zero-order valence-electron chi connectivity index (χ0n) is 15.0. The second kappa shape index (κ2) is 7.85. The van der Waals surface area contributed by atoms with Gasteiger partial charge in [-0.2, -0.15) is 4.98 Å². The second-order valence-electron chi connectivity index (χ2n) is 6.30. The highest BCUT2D eigenvalue weighted by Gasteiger charge is 2.18. The fraction of sp³-hybridized carbons (Fsp3) is 0.412. The van der Waals surface area contributed by atoms with E-state index in [4.69, 9.17) is 4.52 Å². The Morgan fingerprint density at radius 3 is 2.65 bits per heavy atom. The molecule has 0 aliphatic heterocycles. The largest absolute Gasteiger partial charge is 0.339 e. The Bertz CT molecular complexity index is 840. The molecule has 0 spiro atoms. The predicted molar refractivity (Wildman–Crippen MR) is 92.4 cm³/mol. The summed E-state index contributed by atoms with van der Waals surface area (Å²) in [7, 11) is 0. The third-order valence-corrected chi connectivity index (χ3v) is 3.77. The summed E-state index contributed by atoms with van der Waals surface area (Å²) in [5.74, 6) is 2.04. The molecule has 3 heterocycles. The molecule has 0 aliphatic carbocycles. The fourth-order valence-corrected chi connectivity index (χ4v) is 2.45. The topological polar surface area (TPSA) is 103 Å². The van der Waals surface area contributed by atoms with Gasteiger partial charge >= 0.3 is 0 Å². The van der Waals surface area contributed by atoms with E-state index >= 15 is 0 Å². The molecule has 0 aromatic carbocycles. The standard InChI is InChI=1S/C17H21N7O2/c1-4-23(9-14-21-16(26-22-14)7-12(2)3)17(25)13-5-6-15(18-8-13)24-10-19-20-11-24/h5-6,8,10-12H,4,7,9H2,1-3H3. The fourth-order valence-electron chi connectivity index (χ4n) is 2.45. The molecule has 0 N–H and O–H groups in total. The highest BCUT2D eigenvalue weighted by atomic mass is 16.5. The Labute approximate surface area is 151 Å². The van der Waals surface area contributed by atoms with Gasteiger partial charge in [0.1, 0.15) is 18.5 Å². The molecule has 1 amide bonds. The van der Waals surface area contributed by atoms with Crippen LogP contribution in [-0.2, 0) is 13.0 Å². The average molecular weight is 355 g/mol. The zero-order chi connectivity index (χ0) is 18.5.